The molecule has 21 heavy (non-hydrogen) atoms. The fourth-order valence-electron chi connectivity index (χ4n) is 1.66. The molecule has 1 aromatic rings. The Labute approximate surface area is 130 Å². The van der Waals surface area contributed by atoms with Crippen LogP contribution < -0.4 is 10.6 Å². The molecule has 1 aromatic heterocycles. The van der Waals surface area contributed by atoms with Gasteiger partial charge in [-0.05, 0) is 44.7 Å². The summed E-state index contributed by atoms with van der Waals surface area (Å²) >= 11 is 1.71. The Morgan fingerprint density at radius 3 is 2.76 bits per heavy atom. The largest absolute Gasteiger partial charge is 0.463 e. The summed E-state index contributed by atoms with van der Waals surface area (Å²) in [4.78, 5) is 17.2. The standard InChI is InChI=1S/C15H25N3O2S/c1-5-16-15(17-8-6-14(19)20-11(2)3)18-10-13-12(4)7-9-21-13/h7,9,11H,5-6,8,10H2,1-4H3,(H2,16,17,18). The van der Waals surface area contributed by atoms with E-state index in [1.807, 2.05) is 20.8 Å². The molecule has 1 rings (SSSR count). The molecule has 0 aliphatic carbocycles. The van der Waals surface area contributed by atoms with E-state index < -0.39 is 0 Å². The Bertz CT molecular complexity index is 469. The van der Waals surface area contributed by atoms with Crippen molar-refractivity contribution in [1.82, 2.24) is 10.6 Å². The molecular formula is C15H25N3O2S. The maximum Gasteiger partial charge on any atom is 0.307 e. The molecule has 0 amide bonds. The number of nitrogens with one attached hydrogen (secondary N) is 2. The Morgan fingerprint density at radius 2 is 2.19 bits per heavy atom. The van der Waals surface area contributed by atoms with Crippen LogP contribution in [0.4, 0.5) is 0 Å². The predicted octanol–water partition coefficient (Wildman–Crippen LogP) is 2.45. The third-order valence-electron chi connectivity index (χ3n) is 2.68. The molecule has 0 spiro atoms. The van der Waals surface area contributed by atoms with Crippen molar-refractivity contribution in [2.75, 3.05) is 13.1 Å². The van der Waals surface area contributed by atoms with Crippen molar-refractivity contribution in [3.05, 3.63) is 21.9 Å². The van der Waals surface area contributed by atoms with Gasteiger partial charge in [-0.15, -0.1) is 11.3 Å². The van der Waals surface area contributed by atoms with Crippen LogP contribution in [0.3, 0.4) is 0 Å². The fourth-order valence-corrected chi connectivity index (χ4v) is 2.49. The molecule has 0 unspecified atom stereocenters. The molecule has 0 saturated carbocycles. The molecule has 5 nitrogen and oxygen atoms in total. The zero-order valence-corrected chi connectivity index (χ0v) is 14.0. The van der Waals surface area contributed by atoms with Crippen LogP contribution in [0.25, 0.3) is 0 Å². The number of aryl methyl sites for hydroxylation is 1. The van der Waals surface area contributed by atoms with Crippen LogP contribution in [-0.4, -0.2) is 31.1 Å². The second kappa shape index (κ2) is 9.39. The Kier molecular flexibility index (Phi) is 7.82. The van der Waals surface area contributed by atoms with Gasteiger partial charge in [0.2, 0.25) is 0 Å². The van der Waals surface area contributed by atoms with Gasteiger partial charge in [-0.2, -0.15) is 0 Å². The summed E-state index contributed by atoms with van der Waals surface area (Å²) < 4.78 is 5.09. The zero-order chi connectivity index (χ0) is 15.7. The lowest BCUT2D eigenvalue weighted by molar-refractivity contribution is -0.147. The van der Waals surface area contributed by atoms with Gasteiger partial charge < -0.3 is 15.4 Å². The first kappa shape index (κ1) is 17.5. The quantitative estimate of drug-likeness (QED) is 0.461. The molecule has 0 atom stereocenters. The number of nitrogens with zero attached hydrogens (tertiary/aromatic N) is 1. The summed E-state index contributed by atoms with van der Waals surface area (Å²) in [6.07, 6.45) is 0.266. The van der Waals surface area contributed by atoms with Crippen LogP contribution >= 0.6 is 11.3 Å². The minimum Gasteiger partial charge on any atom is -0.463 e. The first-order valence-corrected chi connectivity index (χ1v) is 8.15. The van der Waals surface area contributed by atoms with Gasteiger partial charge in [-0.25, -0.2) is 4.99 Å². The summed E-state index contributed by atoms with van der Waals surface area (Å²) in [5, 5.41) is 8.39. The highest BCUT2D eigenvalue weighted by atomic mass is 32.1. The van der Waals surface area contributed by atoms with E-state index in [9.17, 15) is 4.79 Å². The summed E-state index contributed by atoms with van der Waals surface area (Å²) in [5.74, 6) is 0.532. The Hall–Kier alpha value is -1.56. The fraction of sp³-hybridized carbons (Fsp3) is 0.600. The SMILES string of the molecule is CCNC(=NCc1sccc1C)NCCC(=O)OC(C)C. The van der Waals surface area contributed by atoms with E-state index in [4.69, 9.17) is 4.74 Å². The smallest absolute Gasteiger partial charge is 0.307 e. The van der Waals surface area contributed by atoms with Gasteiger partial charge in [0.05, 0.1) is 19.1 Å². The Balaban J connectivity index is 2.42. The number of esters is 1. The first-order chi connectivity index (χ1) is 10.0. The Morgan fingerprint density at radius 1 is 1.43 bits per heavy atom. The first-order valence-electron chi connectivity index (χ1n) is 7.27. The molecule has 1 heterocycles. The topological polar surface area (TPSA) is 62.7 Å². The van der Waals surface area contributed by atoms with Crippen LogP contribution in [0.2, 0.25) is 0 Å². The van der Waals surface area contributed by atoms with Crippen molar-refractivity contribution >= 4 is 23.3 Å². The number of hydrogen-bond acceptors (Lipinski definition) is 4. The summed E-state index contributed by atoms with van der Waals surface area (Å²) in [5.41, 5.74) is 1.26. The van der Waals surface area contributed by atoms with Gasteiger partial charge in [-0.1, -0.05) is 0 Å². The van der Waals surface area contributed by atoms with Crippen molar-refractivity contribution < 1.29 is 9.53 Å². The van der Waals surface area contributed by atoms with Crippen molar-refractivity contribution in [2.24, 2.45) is 4.99 Å². The average Bonchev–Trinajstić information content (AvgIpc) is 2.80. The van der Waals surface area contributed by atoms with E-state index in [0.29, 0.717) is 19.5 Å². The van der Waals surface area contributed by atoms with Gasteiger partial charge in [0.1, 0.15) is 0 Å². The highest BCUT2D eigenvalue weighted by molar-refractivity contribution is 7.10. The van der Waals surface area contributed by atoms with Crippen LogP contribution in [0.1, 0.15) is 37.6 Å². The minimum absolute atomic E-state index is 0.0683. The third-order valence-corrected chi connectivity index (χ3v) is 3.69. The van der Waals surface area contributed by atoms with Gasteiger partial charge in [0, 0.05) is 18.0 Å². The van der Waals surface area contributed by atoms with Crippen molar-refractivity contribution in [2.45, 2.75) is 46.8 Å². The van der Waals surface area contributed by atoms with Crippen LogP contribution in [0.5, 0.6) is 0 Å². The molecule has 0 radical (unpaired) electrons. The molecule has 0 fully saturated rings. The van der Waals surface area contributed by atoms with Crippen molar-refractivity contribution in [3.63, 3.8) is 0 Å². The second-order valence-electron chi connectivity index (χ2n) is 4.94. The lowest BCUT2D eigenvalue weighted by Gasteiger charge is -2.12. The number of carbonyl (C=O) groups excluding carboxylic acids is 1. The molecule has 6 heteroatoms. The number of carbonyl (C=O) groups is 1. The van der Waals surface area contributed by atoms with E-state index in [1.54, 1.807) is 11.3 Å². The van der Waals surface area contributed by atoms with Gasteiger partial charge in [0.25, 0.3) is 0 Å². The van der Waals surface area contributed by atoms with Gasteiger partial charge >= 0.3 is 5.97 Å². The molecular weight excluding hydrogens is 286 g/mol. The molecule has 0 saturated heterocycles. The highest BCUT2D eigenvalue weighted by Gasteiger charge is 2.06. The van der Waals surface area contributed by atoms with E-state index in [-0.39, 0.29) is 12.1 Å². The molecule has 0 aliphatic rings. The maximum atomic E-state index is 11.5. The van der Waals surface area contributed by atoms with E-state index >= 15 is 0 Å². The number of guanidine groups is 1. The van der Waals surface area contributed by atoms with E-state index in [2.05, 4.69) is 34.0 Å². The van der Waals surface area contributed by atoms with Crippen molar-refractivity contribution in [1.29, 1.82) is 0 Å². The third kappa shape index (κ3) is 7.13. The van der Waals surface area contributed by atoms with Gasteiger partial charge in [-0.3, -0.25) is 4.79 Å². The summed E-state index contributed by atoms with van der Waals surface area (Å²) in [6.45, 7) is 9.74. The number of aliphatic imine (C=N–C) groups is 1. The zero-order valence-electron chi connectivity index (χ0n) is 13.2. The lowest BCUT2D eigenvalue weighted by Crippen LogP contribution is -2.38. The average molecular weight is 311 g/mol. The maximum absolute atomic E-state index is 11.5. The van der Waals surface area contributed by atoms with Gasteiger partial charge in [0.15, 0.2) is 5.96 Å². The molecule has 0 aliphatic heterocycles. The summed E-state index contributed by atoms with van der Waals surface area (Å²) in [7, 11) is 0. The molecule has 2 N–H and O–H groups in total. The van der Waals surface area contributed by atoms with Crippen molar-refractivity contribution in [3.8, 4) is 0 Å². The van der Waals surface area contributed by atoms with E-state index in [1.165, 1.54) is 10.4 Å². The second-order valence-corrected chi connectivity index (χ2v) is 5.94. The van der Waals surface area contributed by atoms with Crippen LogP contribution in [0, 0.1) is 6.92 Å². The number of thiophene rings is 1. The number of ether oxygens (including phenoxy) is 1. The lowest BCUT2D eigenvalue weighted by atomic mass is 10.3. The minimum atomic E-state index is -0.192. The predicted molar refractivity (Wildman–Crippen MR) is 87.7 cm³/mol. The van der Waals surface area contributed by atoms with Crippen LogP contribution in [-0.2, 0) is 16.1 Å². The molecule has 118 valence electrons. The van der Waals surface area contributed by atoms with E-state index in [0.717, 1.165) is 12.5 Å². The highest BCUT2D eigenvalue weighted by Crippen LogP contribution is 2.16. The number of rotatable bonds is 7. The normalized spacial score (nSPS) is 11.6. The summed E-state index contributed by atoms with van der Waals surface area (Å²) in [6, 6.07) is 2.10. The monoisotopic (exact) mass is 311 g/mol. The van der Waals surface area contributed by atoms with Crippen LogP contribution in [0.15, 0.2) is 16.4 Å². The molecule has 0 aromatic carbocycles. The molecule has 0 bridgehead atoms. The number of hydrogen-bond donors (Lipinski definition) is 2.